The van der Waals surface area contributed by atoms with Crippen LogP contribution in [0.25, 0.3) is 0 Å². The molecule has 1 rings (SSSR count). The predicted octanol–water partition coefficient (Wildman–Crippen LogP) is 3.98. The molecule has 0 bridgehead atoms. The summed E-state index contributed by atoms with van der Waals surface area (Å²) in [5.41, 5.74) is 0. The monoisotopic (exact) mass is 284 g/mol. The van der Waals surface area contributed by atoms with Crippen LogP contribution in [-0.2, 0) is 4.79 Å². The van der Waals surface area contributed by atoms with E-state index in [1.807, 2.05) is 31.2 Å². The molecule has 0 spiro atoms. The fourth-order valence-electron chi connectivity index (χ4n) is 1.42. The Labute approximate surface area is 105 Å². The molecular formula is C13H17BrO2. The highest BCUT2D eigenvalue weighted by atomic mass is 79.9. The zero-order valence-corrected chi connectivity index (χ0v) is 11.1. The van der Waals surface area contributed by atoms with Crippen molar-refractivity contribution in [2.75, 3.05) is 6.61 Å². The maximum absolute atomic E-state index is 11.2. The predicted molar refractivity (Wildman–Crippen MR) is 68.8 cm³/mol. The highest BCUT2D eigenvalue weighted by molar-refractivity contribution is 9.10. The SMILES string of the molecule is CCCC(=O)CCCOc1cccc(Br)c1. The standard InChI is InChI=1S/C13H17BrO2/c1-2-5-12(15)7-4-9-16-13-8-3-6-11(14)10-13/h3,6,8,10H,2,4-5,7,9H2,1H3. The van der Waals surface area contributed by atoms with Gasteiger partial charge in [-0.3, -0.25) is 4.79 Å². The van der Waals surface area contributed by atoms with E-state index in [4.69, 9.17) is 4.74 Å². The minimum Gasteiger partial charge on any atom is -0.494 e. The third-order valence-corrected chi connectivity index (χ3v) is 2.69. The Morgan fingerprint density at radius 1 is 1.38 bits per heavy atom. The number of hydrogen-bond acceptors (Lipinski definition) is 2. The second kappa shape index (κ2) is 7.44. The fraction of sp³-hybridized carbons (Fsp3) is 0.462. The van der Waals surface area contributed by atoms with Gasteiger partial charge in [-0.2, -0.15) is 0 Å². The summed E-state index contributed by atoms with van der Waals surface area (Å²) in [5.74, 6) is 1.18. The van der Waals surface area contributed by atoms with Gasteiger partial charge in [0.05, 0.1) is 6.61 Å². The lowest BCUT2D eigenvalue weighted by atomic mass is 10.1. The van der Waals surface area contributed by atoms with Crippen molar-refractivity contribution >= 4 is 21.7 Å². The lowest BCUT2D eigenvalue weighted by molar-refractivity contribution is -0.119. The summed E-state index contributed by atoms with van der Waals surface area (Å²) in [6, 6.07) is 7.73. The Balaban J connectivity index is 2.18. The summed E-state index contributed by atoms with van der Waals surface area (Å²) >= 11 is 3.38. The molecule has 0 saturated heterocycles. The molecule has 3 heteroatoms. The summed E-state index contributed by atoms with van der Waals surface area (Å²) in [6.45, 7) is 2.63. The molecule has 0 aliphatic heterocycles. The molecule has 0 unspecified atom stereocenters. The normalized spacial score (nSPS) is 10.1. The number of carbonyl (C=O) groups excluding carboxylic acids is 1. The number of carbonyl (C=O) groups is 1. The van der Waals surface area contributed by atoms with Gasteiger partial charge in [-0.1, -0.05) is 28.9 Å². The van der Waals surface area contributed by atoms with Gasteiger partial charge < -0.3 is 4.74 Å². The van der Waals surface area contributed by atoms with E-state index in [2.05, 4.69) is 15.9 Å². The van der Waals surface area contributed by atoms with Gasteiger partial charge >= 0.3 is 0 Å². The van der Waals surface area contributed by atoms with Crippen molar-refractivity contribution in [1.29, 1.82) is 0 Å². The number of Topliss-reactive ketones (excluding diaryl/α,β-unsaturated/α-hetero) is 1. The molecule has 16 heavy (non-hydrogen) atoms. The zero-order chi connectivity index (χ0) is 11.8. The van der Waals surface area contributed by atoms with E-state index in [1.54, 1.807) is 0 Å². The molecule has 0 fully saturated rings. The molecule has 0 saturated carbocycles. The van der Waals surface area contributed by atoms with Crippen LogP contribution in [0.3, 0.4) is 0 Å². The second-order valence-corrected chi connectivity index (χ2v) is 4.61. The Kier molecular flexibility index (Phi) is 6.16. The lowest BCUT2D eigenvalue weighted by Crippen LogP contribution is -2.02. The zero-order valence-electron chi connectivity index (χ0n) is 9.54. The summed E-state index contributed by atoms with van der Waals surface area (Å²) in [5, 5.41) is 0. The van der Waals surface area contributed by atoms with Crippen molar-refractivity contribution in [3.05, 3.63) is 28.7 Å². The Bertz CT molecular complexity index is 336. The molecule has 0 amide bonds. The van der Waals surface area contributed by atoms with Crippen LogP contribution in [0.5, 0.6) is 5.75 Å². The first kappa shape index (κ1) is 13.2. The molecule has 0 aromatic heterocycles. The number of ketones is 1. The van der Waals surface area contributed by atoms with Crippen molar-refractivity contribution in [2.24, 2.45) is 0 Å². The highest BCUT2D eigenvalue weighted by Gasteiger charge is 2.00. The van der Waals surface area contributed by atoms with E-state index in [9.17, 15) is 4.79 Å². The Morgan fingerprint density at radius 3 is 2.88 bits per heavy atom. The van der Waals surface area contributed by atoms with E-state index in [-0.39, 0.29) is 0 Å². The fourth-order valence-corrected chi connectivity index (χ4v) is 1.80. The van der Waals surface area contributed by atoms with E-state index >= 15 is 0 Å². The third-order valence-electron chi connectivity index (χ3n) is 2.19. The number of ether oxygens (including phenoxy) is 1. The molecule has 0 radical (unpaired) electrons. The van der Waals surface area contributed by atoms with Crippen LogP contribution in [-0.4, -0.2) is 12.4 Å². The van der Waals surface area contributed by atoms with E-state index in [0.717, 1.165) is 23.1 Å². The van der Waals surface area contributed by atoms with Gasteiger partial charge in [0, 0.05) is 17.3 Å². The molecule has 0 N–H and O–H groups in total. The van der Waals surface area contributed by atoms with Crippen LogP contribution in [0.15, 0.2) is 28.7 Å². The van der Waals surface area contributed by atoms with Crippen molar-refractivity contribution < 1.29 is 9.53 Å². The van der Waals surface area contributed by atoms with Gasteiger partial charge in [0.1, 0.15) is 11.5 Å². The van der Waals surface area contributed by atoms with Crippen LogP contribution < -0.4 is 4.74 Å². The summed E-state index contributed by atoms with van der Waals surface area (Å²) < 4.78 is 6.54. The maximum Gasteiger partial charge on any atom is 0.133 e. The van der Waals surface area contributed by atoms with Crippen molar-refractivity contribution in [2.45, 2.75) is 32.6 Å². The van der Waals surface area contributed by atoms with Gasteiger partial charge in [0.25, 0.3) is 0 Å². The molecule has 2 nitrogen and oxygen atoms in total. The first-order valence-corrected chi connectivity index (χ1v) is 6.41. The van der Waals surface area contributed by atoms with Crippen LogP contribution in [0.1, 0.15) is 32.6 Å². The molecule has 0 aliphatic rings. The topological polar surface area (TPSA) is 26.3 Å². The first-order chi connectivity index (χ1) is 7.72. The van der Waals surface area contributed by atoms with Gasteiger partial charge in [0.15, 0.2) is 0 Å². The van der Waals surface area contributed by atoms with Crippen molar-refractivity contribution in [1.82, 2.24) is 0 Å². The van der Waals surface area contributed by atoms with Gasteiger partial charge in [0.2, 0.25) is 0 Å². The number of benzene rings is 1. The molecule has 0 aliphatic carbocycles. The summed E-state index contributed by atoms with van der Waals surface area (Å²) in [7, 11) is 0. The average Bonchev–Trinajstić information content (AvgIpc) is 2.25. The average molecular weight is 285 g/mol. The molecule has 1 aromatic rings. The van der Waals surface area contributed by atoms with Crippen molar-refractivity contribution in [3.8, 4) is 5.75 Å². The van der Waals surface area contributed by atoms with Gasteiger partial charge in [-0.05, 0) is 31.0 Å². The lowest BCUT2D eigenvalue weighted by Gasteiger charge is -2.05. The smallest absolute Gasteiger partial charge is 0.133 e. The van der Waals surface area contributed by atoms with Crippen LogP contribution >= 0.6 is 15.9 Å². The van der Waals surface area contributed by atoms with Gasteiger partial charge in [-0.15, -0.1) is 0 Å². The number of rotatable bonds is 7. The first-order valence-electron chi connectivity index (χ1n) is 5.62. The number of hydrogen-bond donors (Lipinski definition) is 0. The maximum atomic E-state index is 11.2. The van der Waals surface area contributed by atoms with E-state index in [1.165, 1.54) is 0 Å². The molecule has 0 atom stereocenters. The molecule has 1 aromatic carbocycles. The second-order valence-electron chi connectivity index (χ2n) is 3.70. The molecular weight excluding hydrogens is 268 g/mol. The van der Waals surface area contributed by atoms with Crippen molar-refractivity contribution in [3.63, 3.8) is 0 Å². The summed E-state index contributed by atoms with van der Waals surface area (Å²) in [4.78, 5) is 11.2. The number of halogens is 1. The minimum atomic E-state index is 0.334. The third kappa shape index (κ3) is 5.31. The van der Waals surface area contributed by atoms with Crippen LogP contribution in [0, 0.1) is 0 Å². The quantitative estimate of drug-likeness (QED) is 0.708. The van der Waals surface area contributed by atoms with Crippen LogP contribution in [0.4, 0.5) is 0 Å². The minimum absolute atomic E-state index is 0.334. The highest BCUT2D eigenvalue weighted by Crippen LogP contribution is 2.17. The Hall–Kier alpha value is -0.830. The molecule has 0 heterocycles. The molecule has 88 valence electrons. The van der Waals surface area contributed by atoms with E-state index in [0.29, 0.717) is 25.2 Å². The Morgan fingerprint density at radius 2 is 2.19 bits per heavy atom. The van der Waals surface area contributed by atoms with E-state index < -0.39 is 0 Å². The summed E-state index contributed by atoms with van der Waals surface area (Å²) in [6.07, 6.45) is 3.05. The van der Waals surface area contributed by atoms with Crippen LogP contribution in [0.2, 0.25) is 0 Å². The van der Waals surface area contributed by atoms with Gasteiger partial charge in [-0.25, -0.2) is 0 Å². The largest absolute Gasteiger partial charge is 0.494 e.